The number of benzene rings is 1. The molecular formula is C18H29NO2. The lowest BCUT2D eigenvalue weighted by molar-refractivity contribution is 0.0000858. The molecule has 0 radical (unpaired) electrons. The van der Waals surface area contributed by atoms with Crippen LogP contribution in [0.5, 0.6) is 5.75 Å². The fourth-order valence-electron chi connectivity index (χ4n) is 2.84. The first kappa shape index (κ1) is 16.3. The van der Waals surface area contributed by atoms with Crippen LogP contribution in [0.3, 0.4) is 0 Å². The quantitative estimate of drug-likeness (QED) is 0.775. The summed E-state index contributed by atoms with van der Waals surface area (Å²) in [7, 11) is 0. The Morgan fingerprint density at radius 1 is 1.14 bits per heavy atom. The summed E-state index contributed by atoms with van der Waals surface area (Å²) >= 11 is 0. The highest BCUT2D eigenvalue weighted by atomic mass is 16.5. The first-order chi connectivity index (χ1) is 10.1. The molecule has 1 fully saturated rings. The molecule has 2 rings (SSSR count). The molecule has 0 amide bonds. The lowest BCUT2D eigenvalue weighted by Gasteiger charge is -2.34. The van der Waals surface area contributed by atoms with E-state index in [2.05, 4.69) is 13.8 Å². The van der Waals surface area contributed by atoms with Gasteiger partial charge in [-0.2, -0.15) is 0 Å². The normalized spacial score (nSPS) is 18.6. The molecule has 0 atom stereocenters. The van der Waals surface area contributed by atoms with E-state index in [9.17, 15) is 0 Å². The Kier molecular flexibility index (Phi) is 6.07. The lowest BCUT2D eigenvalue weighted by atomic mass is 9.76. The van der Waals surface area contributed by atoms with Crippen molar-refractivity contribution in [3.05, 3.63) is 29.8 Å². The number of ether oxygens (including phenoxy) is 2. The zero-order chi connectivity index (χ0) is 15.1. The summed E-state index contributed by atoms with van der Waals surface area (Å²) in [6, 6.07) is 7.96. The van der Waals surface area contributed by atoms with Crippen LogP contribution < -0.4 is 10.5 Å². The van der Waals surface area contributed by atoms with Crippen molar-refractivity contribution in [3.63, 3.8) is 0 Å². The van der Waals surface area contributed by atoms with E-state index in [1.54, 1.807) is 0 Å². The number of rotatable bonds is 7. The second-order valence-electron chi connectivity index (χ2n) is 6.75. The Morgan fingerprint density at radius 2 is 1.86 bits per heavy atom. The van der Waals surface area contributed by atoms with Crippen LogP contribution in [-0.4, -0.2) is 19.3 Å². The standard InChI is InChI=1S/C18H29NO2/c1-18(2)10-8-16(9-11-18)20-12-5-13-21-17-7-4-3-6-15(17)14-19/h3-4,6-7,16H,5,8-14,19H2,1-2H3. The van der Waals surface area contributed by atoms with E-state index < -0.39 is 0 Å². The number of hydrogen-bond donors (Lipinski definition) is 1. The Balaban J connectivity index is 1.60. The molecule has 3 nitrogen and oxygen atoms in total. The van der Waals surface area contributed by atoms with Crippen molar-refractivity contribution in [2.75, 3.05) is 13.2 Å². The van der Waals surface area contributed by atoms with Crippen LogP contribution in [0.15, 0.2) is 24.3 Å². The molecule has 0 unspecified atom stereocenters. The average Bonchev–Trinajstić information content (AvgIpc) is 2.49. The maximum atomic E-state index is 5.97. The van der Waals surface area contributed by atoms with Crippen LogP contribution >= 0.6 is 0 Å². The molecular weight excluding hydrogens is 262 g/mol. The molecule has 1 aromatic carbocycles. The third-order valence-corrected chi connectivity index (χ3v) is 4.38. The second-order valence-corrected chi connectivity index (χ2v) is 6.75. The van der Waals surface area contributed by atoms with Crippen LogP contribution in [-0.2, 0) is 11.3 Å². The van der Waals surface area contributed by atoms with Gasteiger partial charge >= 0.3 is 0 Å². The molecule has 0 heterocycles. The van der Waals surface area contributed by atoms with E-state index in [0.717, 1.165) is 24.3 Å². The van der Waals surface area contributed by atoms with Gasteiger partial charge in [0.2, 0.25) is 0 Å². The van der Waals surface area contributed by atoms with Gasteiger partial charge in [0.15, 0.2) is 0 Å². The smallest absolute Gasteiger partial charge is 0.123 e. The van der Waals surface area contributed by atoms with Crippen molar-refractivity contribution in [3.8, 4) is 5.75 Å². The van der Waals surface area contributed by atoms with Gasteiger partial charge in [-0.1, -0.05) is 32.0 Å². The highest BCUT2D eigenvalue weighted by Crippen LogP contribution is 2.36. The Morgan fingerprint density at radius 3 is 2.57 bits per heavy atom. The van der Waals surface area contributed by atoms with Crippen molar-refractivity contribution >= 4 is 0 Å². The van der Waals surface area contributed by atoms with E-state index >= 15 is 0 Å². The van der Waals surface area contributed by atoms with Crippen LogP contribution in [0.4, 0.5) is 0 Å². The van der Waals surface area contributed by atoms with Crippen LogP contribution in [0.25, 0.3) is 0 Å². The summed E-state index contributed by atoms with van der Waals surface area (Å²) in [5.74, 6) is 0.902. The van der Waals surface area contributed by atoms with Gasteiger partial charge in [0.1, 0.15) is 5.75 Å². The van der Waals surface area contributed by atoms with Crippen molar-refractivity contribution in [1.82, 2.24) is 0 Å². The van der Waals surface area contributed by atoms with Gasteiger partial charge in [-0.15, -0.1) is 0 Å². The minimum absolute atomic E-state index is 0.453. The minimum atomic E-state index is 0.453. The van der Waals surface area contributed by atoms with Gasteiger partial charge in [-0.3, -0.25) is 0 Å². The highest BCUT2D eigenvalue weighted by Gasteiger charge is 2.26. The van der Waals surface area contributed by atoms with E-state index in [-0.39, 0.29) is 0 Å². The average molecular weight is 291 g/mol. The molecule has 118 valence electrons. The fourth-order valence-corrected chi connectivity index (χ4v) is 2.84. The largest absolute Gasteiger partial charge is 0.493 e. The Hall–Kier alpha value is -1.06. The Labute approximate surface area is 128 Å². The van der Waals surface area contributed by atoms with Crippen molar-refractivity contribution in [1.29, 1.82) is 0 Å². The first-order valence-corrected chi connectivity index (χ1v) is 8.13. The Bertz CT molecular complexity index is 421. The van der Waals surface area contributed by atoms with E-state index in [1.165, 1.54) is 25.7 Å². The first-order valence-electron chi connectivity index (χ1n) is 8.13. The van der Waals surface area contributed by atoms with Crippen molar-refractivity contribution in [2.24, 2.45) is 11.1 Å². The molecule has 3 heteroatoms. The second kappa shape index (κ2) is 7.81. The van der Waals surface area contributed by atoms with E-state index in [1.807, 2.05) is 24.3 Å². The molecule has 0 spiro atoms. The molecule has 1 aliphatic carbocycles. The number of hydrogen-bond acceptors (Lipinski definition) is 3. The molecule has 0 aromatic heterocycles. The zero-order valence-corrected chi connectivity index (χ0v) is 13.4. The summed E-state index contributed by atoms with van der Waals surface area (Å²) in [6.07, 6.45) is 6.33. The van der Waals surface area contributed by atoms with Gasteiger partial charge in [0.05, 0.1) is 19.3 Å². The van der Waals surface area contributed by atoms with Crippen molar-refractivity contribution < 1.29 is 9.47 Å². The van der Waals surface area contributed by atoms with Crippen LogP contribution in [0.2, 0.25) is 0 Å². The molecule has 2 N–H and O–H groups in total. The minimum Gasteiger partial charge on any atom is -0.493 e. The number of para-hydroxylation sites is 1. The number of nitrogens with two attached hydrogens (primary N) is 1. The van der Waals surface area contributed by atoms with Gasteiger partial charge in [0.25, 0.3) is 0 Å². The summed E-state index contributed by atoms with van der Waals surface area (Å²) in [4.78, 5) is 0. The maximum Gasteiger partial charge on any atom is 0.123 e. The molecule has 0 aliphatic heterocycles. The summed E-state index contributed by atoms with van der Waals surface area (Å²) in [5.41, 5.74) is 7.27. The maximum absolute atomic E-state index is 5.97. The SMILES string of the molecule is CC1(C)CCC(OCCCOc2ccccc2CN)CC1. The topological polar surface area (TPSA) is 44.5 Å². The van der Waals surface area contributed by atoms with E-state index in [4.69, 9.17) is 15.2 Å². The van der Waals surface area contributed by atoms with Gasteiger partial charge in [0, 0.05) is 18.5 Å². The molecule has 1 saturated carbocycles. The molecule has 21 heavy (non-hydrogen) atoms. The monoisotopic (exact) mass is 291 g/mol. The van der Waals surface area contributed by atoms with Crippen molar-refractivity contribution in [2.45, 2.75) is 58.6 Å². The molecule has 1 aromatic rings. The van der Waals surface area contributed by atoms with Crippen LogP contribution in [0.1, 0.15) is 51.5 Å². The highest BCUT2D eigenvalue weighted by molar-refractivity contribution is 5.32. The molecule has 0 saturated heterocycles. The van der Waals surface area contributed by atoms with Gasteiger partial charge in [-0.05, 0) is 37.2 Å². The molecule has 0 bridgehead atoms. The summed E-state index contributed by atoms with van der Waals surface area (Å²) < 4.78 is 11.8. The zero-order valence-electron chi connectivity index (χ0n) is 13.4. The molecule has 1 aliphatic rings. The fraction of sp³-hybridized carbons (Fsp3) is 0.667. The van der Waals surface area contributed by atoms with Gasteiger partial charge < -0.3 is 15.2 Å². The third kappa shape index (κ3) is 5.33. The predicted octanol–water partition coefficient (Wildman–Crippen LogP) is 3.90. The van der Waals surface area contributed by atoms with E-state index in [0.29, 0.717) is 24.7 Å². The van der Waals surface area contributed by atoms with Gasteiger partial charge in [-0.25, -0.2) is 0 Å². The summed E-state index contributed by atoms with van der Waals surface area (Å²) in [6.45, 7) is 6.70. The predicted molar refractivity (Wildman–Crippen MR) is 86.4 cm³/mol. The summed E-state index contributed by atoms with van der Waals surface area (Å²) in [5, 5.41) is 0. The van der Waals surface area contributed by atoms with Crippen LogP contribution in [0, 0.1) is 5.41 Å². The third-order valence-electron chi connectivity index (χ3n) is 4.38. The lowest BCUT2D eigenvalue weighted by Crippen LogP contribution is -2.27.